The predicted molar refractivity (Wildman–Crippen MR) is 76.7 cm³/mol. The highest BCUT2D eigenvalue weighted by atomic mass is 16.4. The van der Waals surface area contributed by atoms with E-state index in [1.54, 1.807) is 0 Å². The van der Waals surface area contributed by atoms with Gasteiger partial charge in [-0.15, -0.1) is 0 Å². The maximum atomic E-state index is 12.0. The van der Waals surface area contributed by atoms with E-state index in [2.05, 4.69) is 5.32 Å². The van der Waals surface area contributed by atoms with Gasteiger partial charge in [0.25, 0.3) is 0 Å². The van der Waals surface area contributed by atoms with Gasteiger partial charge in [-0.05, 0) is 37.5 Å². The zero-order valence-corrected chi connectivity index (χ0v) is 11.3. The second-order valence-corrected chi connectivity index (χ2v) is 4.91. The van der Waals surface area contributed by atoms with Gasteiger partial charge in [-0.1, -0.05) is 0 Å². The molecule has 1 aliphatic rings. The molecule has 0 aromatic heterocycles. The number of rotatable bonds is 4. The highest BCUT2D eigenvalue weighted by Gasteiger charge is 2.17. The zero-order chi connectivity index (χ0) is 14.5. The number of anilines is 2. The number of aromatic carboxylic acids is 1. The first-order chi connectivity index (χ1) is 9.58. The summed E-state index contributed by atoms with van der Waals surface area (Å²) in [5, 5.41) is 12.0. The maximum Gasteiger partial charge on any atom is 0.337 e. The number of carboxylic acids is 1. The number of amides is 1. The minimum Gasteiger partial charge on any atom is -0.478 e. The molecule has 20 heavy (non-hydrogen) atoms. The largest absolute Gasteiger partial charge is 0.478 e. The normalized spacial score (nSPS) is 14.9. The molecule has 6 nitrogen and oxygen atoms in total. The number of piperidine rings is 1. The van der Waals surface area contributed by atoms with Crippen LogP contribution in [0.1, 0.15) is 29.6 Å². The number of hydrogen-bond donors (Lipinski definition) is 3. The molecule has 0 bridgehead atoms. The molecule has 1 heterocycles. The molecule has 4 N–H and O–H groups in total. The molecule has 2 rings (SSSR count). The number of benzene rings is 1. The number of likely N-dealkylation sites (tertiary alicyclic amines) is 1. The zero-order valence-electron chi connectivity index (χ0n) is 11.3. The minimum atomic E-state index is -1.04. The van der Waals surface area contributed by atoms with E-state index in [9.17, 15) is 9.59 Å². The number of nitrogens with one attached hydrogen (secondary N) is 1. The number of carbonyl (C=O) groups excluding carboxylic acids is 1. The Morgan fingerprint density at radius 1 is 1.25 bits per heavy atom. The fourth-order valence-electron chi connectivity index (χ4n) is 2.32. The van der Waals surface area contributed by atoms with Gasteiger partial charge in [0.2, 0.25) is 5.91 Å². The third kappa shape index (κ3) is 3.40. The van der Waals surface area contributed by atoms with E-state index in [0.717, 1.165) is 32.4 Å². The van der Waals surface area contributed by atoms with Crippen molar-refractivity contribution >= 4 is 23.3 Å². The Labute approximate surface area is 117 Å². The van der Waals surface area contributed by atoms with Gasteiger partial charge in [0.1, 0.15) is 0 Å². The summed E-state index contributed by atoms with van der Waals surface area (Å²) in [6.07, 6.45) is 3.23. The predicted octanol–water partition coefficient (Wildman–Crippen LogP) is 1.39. The standard InChI is InChI=1S/C14H19N3O3/c15-10-4-5-11(14(19)20)12(8-10)16-9-13(18)17-6-2-1-3-7-17/h4-5,8,16H,1-3,6-7,9,15H2,(H,19,20). The summed E-state index contributed by atoms with van der Waals surface area (Å²) < 4.78 is 0. The lowest BCUT2D eigenvalue weighted by Crippen LogP contribution is -2.39. The lowest BCUT2D eigenvalue weighted by Gasteiger charge is -2.27. The monoisotopic (exact) mass is 277 g/mol. The molecule has 1 aromatic rings. The number of carbonyl (C=O) groups is 2. The summed E-state index contributed by atoms with van der Waals surface area (Å²) in [6, 6.07) is 4.50. The van der Waals surface area contributed by atoms with Gasteiger partial charge in [-0.2, -0.15) is 0 Å². The van der Waals surface area contributed by atoms with Crippen molar-refractivity contribution in [3.63, 3.8) is 0 Å². The van der Waals surface area contributed by atoms with Crippen LogP contribution in [0, 0.1) is 0 Å². The van der Waals surface area contributed by atoms with Crippen LogP contribution in [-0.4, -0.2) is 41.5 Å². The molecule has 0 aliphatic carbocycles. The summed E-state index contributed by atoms with van der Waals surface area (Å²) in [5.74, 6) is -1.05. The molecule has 0 unspecified atom stereocenters. The van der Waals surface area contributed by atoms with Crippen LogP contribution < -0.4 is 11.1 Å². The second-order valence-electron chi connectivity index (χ2n) is 4.91. The van der Waals surface area contributed by atoms with Crippen LogP contribution in [0.3, 0.4) is 0 Å². The van der Waals surface area contributed by atoms with Crippen LogP contribution in [0.2, 0.25) is 0 Å². The van der Waals surface area contributed by atoms with Crippen molar-refractivity contribution < 1.29 is 14.7 Å². The van der Waals surface area contributed by atoms with E-state index in [1.807, 2.05) is 4.90 Å². The third-order valence-electron chi connectivity index (χ3n) is 3.41. The quantitative estimate of drug-likeness (QED) is 0.723. The van der Waals surface area contributed by atoms with Gasteiger partial charge in [-0.3, -0.25) is 4.79 Å². The van der Waals surface area contributed by atoms with Crippen molar-refractivity contribution in [3.05, 3.63) is 23.8 Å². The summed E-state index contributed by atoms with van der Waals surface area (Å²) in [6.45, 7) is 1.65. The van der Waals surface area contributed by atoms with Crippen LogP contribution >= 0.6 is 0 Å². The molecule has 1 fully saturated rings. The van der Waals surface area contributed by atoms with Crippen molar-refractivity contribution in [1.82, 2.24) is 4.90 Å². The van der Waals surface area contributed by atoms with Crippen LogP contribution in [0.15, 0.2) is 18.2 Å². The van der Waals surface area contributed by atoms with E-state index >= 15 is 0 Å². The Kier molecular flexibility index (Phi) is 4.45. The Hall–Kier alpha value is -2.24. The third-order valence-corrected chi connectivity index (χ3v) is 3.41. The summed E-state index contributed by atoms with van der Waals surface area (Å²) in [5.41, 5.74) is 6.60. The number of nitrogens with two attached hydrogens (primary N) is 1. The summed E-state index contributed by atoms with van der Waals surface area (Å²) in [4.78, 5) is 24.9. The van der Waals surface area contributed by atoms with Crippen LogP contribution in [0.25, 0.3) is 0 Å². The first kappa shape index (κ1) is 14.2. The number of carboxylic acid groups (broad SMARTS) is 1. The number of hydrogen-bond acceptors (Lipinski definition) is 4. The highest BCUT2D eigenvalue weighted by Crippen LogP contribution is 2.19. The smallest absolute Gasteiger partial charge is 0.337 e. The average Bonchev–Trinajstić information content (AvgIpc) is 2.45. The SMILES string of the molecule is Nc1ccc(C(=O)O)c(NCC(=O)N2CCCCC2)c1. The molecule has 0 radical (unpaired) electrons. The van der Waals surface area contributed by atoms with Crippen LogP contribution in [0.5, 0.6) is 0 Å². The summed E-state index contributed by atoms with van der Waals surface area (Å²) >= 11 is 0. The second kappa shape index (κ2) is 6.27. The Morgan fingerprint density at radius 3 is 2.60 bits per heavy atom. The van der Waals surface area contributed by atoms with E-state index in [1.165, 1.54) is 18.2 Å². The molecule has 1 saturated heterocycles. The van der Waals surface area contributed by atoms with E-state index in [0.29, 0.717) is 11.4 Å². The molecule has 6 heteroatoms. The average molecular weight is 277 g/mol. The van der Waals surface area contributed by atoms with E-state index in [-0.39, 0.29) is 18.0 Å². The van der Waals surface area contributed by atoms with Gasteiger partial charge in [-0.25, -0.2) is 4.79 Å². The Balaban J connectivity index is 2.01. The Bertz CT molecular complexity index is 510. The number of nitrogen functional groups attached to an aromatic ring is 1. The van der Waals surface area contributed by atoms with Crippen LogP contribution in [0.4, 0.5) is 11.4 Å². The van der Waals surface area contributed by atoms with Gasteiger partial charge in [0.15, 0.2) is 0 Å². The minimum absolute atomic E-state index is 0.0107. The van der Waals surface area contributed by atoms with Gasteiger partial charge >= 0.3 is 5.97 Å². The molecular weight excluding hydrogens is 258 g/mol. The fraction of sp³-hybridized carbons (Fsp3) is 0.429. The number of nitrogens with zero attached hydrogens (tertiary/aromatic N) is 1. The molecule has 0 saturated carbocycles. The van der Waals surface area contributed by atoms with Crippen molar-refractivity contribution in [2.24, 2.45) is 0 Å². The molecular formula is C14H19N3O3. The van der Waals surface area contributed by atoms with Crippen molar-refractivity contribution in [2.75, 3.05) is 30.7 Å². The molecule has 108 valence electrons. The highest BCUT2D eigenvalue weighted by molar-refractivity contribution is 5.95. The lowest BCUT2D eigenvalue weighted by molar-refractivity contribution is -0.130. The Morgan fingerprint density at radius 2 is 1.95 bits per heavy atom. The van der Waals surface area contributed by atoms with Crippen molar-refractivity contribution in [2.45, 2.75) is 19.3 Å². The topological polar surface area (TPSA) is 95.7 Å². The molecule has 1 aliphatic heterocycles. The lowest BCUT2D eigenvalue weighted by atomic mass is 10.1. The molecule has 0 atom stereocenters. The van der Waals surface area contributed by atoms with Crippen molar-refractivity contribution in [1.29, 1.82) is 0 Å². The van der Waals surface area contributed by atoms with E-state index < -0.39 is 5.97 Å². The molecule has 0 spiro atoms. The van der Waals surface area contributed by atoms with Gasteiger partial charge in [0.05, 0.1) is 17.8 Å². The van der Waals surface area contributed by atoms with Gasteiger partial charge < -0.3 is 21.1 Å². The van der Waals surface area contributed by atoms with Crippen LogP contribution in [-0.2, 0) is 4.79 Å². The van der Waals surface area contributed by atoms with Crippen molar-refractivity contribution in [3.8, 4) is 0 Å². The first-order valence-corrected chi connectivity index (χ1v) is 6.72. The fourth-order valence-corrected chi connectivity index (χ4v) is 2.32. The molecule has 1 amide bonds. The maximum absolute atomic E-state index is 12.0. The van der Waals surface area contributed by atoms with E-state index in [4.69, 9.17) is 10.8 Å². The molecule has 1 aromatic carbocycles. The van der Waals surface area contributed by atoms with Gasteiger partial charge in [0, 0.05) is 18.8 Å². The summed E-state index contributed by atoms with van der Waals surface area (Å²) in [7, 11) is 0. The first-order valence-electron chi connectivity index (χ1n) is 6.72.